The molecule has 0 atom stereocenters. The van der Waals surface area contributed by atoms with Gasteiger partial charge in [-0.1, -0.05) is 0 Å². The molecule has 0 radical (unpaired) electrons. The molecule has 2 aromatic rings. The standard InChI is InChI=1S/C12H15N5O2S/c1-12(2,11-14-4-5-20-11)16-10-7-8(17(18)19)6-9(13-3)15-10/h4-7H,1-3H3,(H2,13,15,16). The van der Waals surface area contributed by atoms with Crippen LogP contribution >= 0.6 is 11.3 Å². The summed E-state index contributed by atoms with van der Waals surface area (Å²) in [6.07, 6.45) is 1.73. The fourth-order valence-electron chi connectivity index (χ4n) is 1.72. The first kappa shape index (κ1) is 14.2. The number of nitro groups is 1. The molecule has 2 N–H and O–H groups in total. The Morgan fingerprint density at radius 3 is 2.60 bits per heavy atom. The number of nitrogens with one attached hydrogen (secondary N) is 2. The Balaban J connectivity index is 2.33. The number of anilines is 2. The summed E-state index contributed by atoms with van der Waals surface area (Å²) < 4.78 is 0. The van der Waals surface area contributed by atoms with Crippen LogP contribution in [0.25, 0.3) is 0 Å². The highest BCUT2D eigenvalue weighted by atomic mass is 32.1. The number of rotatable bonds is 5. The Hall–Kier alpha value is -2.22. The zero-order chi connectivity index (χ0) is 14.8. The van der Waals surface area contributed by atoms with Crippen LogP contribution in [0, 0.1) is 10.1 Å². The van der Waals surface area contributed by atoms with Gasteiger partial charge in [-0.15, -0.1) is 11.3 Å². The quantitative estimate of drug-likeness (QED) is 0.650. The SMILES string of the molecule is CNc1cc([N+](=O)[O-])cc(NC(C)(C)c2nccs2)n1. The molecule has 0 aliphatic heterocycles. The van der Waals surface area contributed by atoms with E-state index in [2.05, 4.69) is 20.6 Å². The van der Waals surface area contributed by atoms with Crippen LogP contribution in [-0.2, 0) is 5.54 Å². The zero-order valence-electron chi connectivity index (χ0n) is 11.4. The smallest absolute Gasteiger partial charge is 0.276 e. The maximum absolute atomic E-state index is 10.9. The Labute approximate surface area is 120 Å². The summed E-state index contributed by atoms with van der Waals surface area (Å²) in [5.41, 5.74) is -0.469. The summed E-state index contributed by atoms with van der Waals surface area (Å²) in [7, 11) is 1.67. The van der Waals surface area contributed by atoms with E-state index in [-0.39, 0.29) is 5.69 Å². The number of aromatic nitrogens is 2. The van der Waals surface area contributed by atoms with E-state index in [9.17, 15) is 10.1 Å². The topological polar surface area (TPSA) is 93.0 Å². The van der Waals surface area contributed by atoms with Crippen molar-refractivity contribution in [3.63, 3.8) is 0 Å². The fourth-order valence-corrected chi connectivity index (χ4v) is 2.44. The van der Waals surface area contributed by atoms with Gasteiger partial charge in [-0.05, 0) is 13.8 Å². The van der Waals surface area contributed by atoms with Crippen LogP contribution in [-0.4, -0.2) is 21.9 Å². The second kappa shape index (κ2) is 5.41. The van der Waals surface area contributed by atoms with Gasteiger partial charge in [-0.25, -0.2) is 9.97 Å². The van der Waals surface area contributed by atoms with E-state index in [0.717, 1.165) is 5.01 Å². The second-order valence-electron chi connectivity index (χ2n) is 4.69. The summed E-state index contributed by atoms with van der Waals surface area (Å²) in [5, 5.41) is 19.7. The molecule has 0 aliphatic rings. The van der Waals surface area contributed by atoms with Gasteiger partial charge in [0, 0.05) is 18.6 Å². The first-order valence-electron chi connectivity index (χ1n) is 5.95. The van der Waals surface area contributed by atoms with Gasteiger partial charge in [0.05, 0.1) is 22.6 Å². The minimum absolute atomic E-state index is 0.0122. The summed E-state index contributed by atoms with van der Waals surface area (Å²) in [6.45, 7) is 3.90. The molecule has 0 amide bonds. The van der Waals surface area contributed by atoms with Gasteiger partial charge in [-0.3, -0.25) is 10.1 Å². The summed E-state index contributed by atoms with van der Waals surface area (Å²) in [4.78, 5) is 19.0. The van der Waals surface area contributed by atoms with Crippen molar-refractivity contribution in [1.82, 2.24) is 9.97 Å². The predicted molar refractivity (Wildman–Crippen MR) is 79.2 cm³/mol. The van der Waals surface area contributed by atoms with E-state index in [1.807, 2.05) is 19.2 Å². The fraction of sp³-hybridized carbons (Fsp3) is 0.333. The highest BCUT2D eigenvalue weighted by Gasteiger charge is 2.24. The average molecular weight is 293 g/mol. The van der Waals surface area contributed by atoms with Crippen LogP contribution in [0.2, 0.25) is 0 Å². The van der Waals surface area contributed by atoms with Crippen molar-refractivity contribution < 1.29 is 4.92 Å². The summed E-state index contributed by atoms with van der Waals surface area (Å²) >= 11 is 1.52. The second-order valence-corrected chi connectivity index (χ2v) is 5.58. The Morgan fingerprint density at radius 1 is 1.35 bits per heavy atom. The third kappa shape index (κ3) is 3.02. The molecule has 2 rings (SSSR count). The lowest BCUT2D eigenvalue weighted by Gasteiger charge is -2.24. The Morgan fingerprint density at radius 2 is 2.05 bits per heavy atom. The van der Waals surface area contributed by atoms with Gasteiger partial charge in [-0.2, -0.15) is 0 Å². The molecule has 20 heavy (non-hydrogen) atoms. The summed E-state index contributed by atoms with van der Waals surface area (Å²) in [6, 6.07) is 2.80. The molecule has 2 heterocycles. The molecule has 2 aromatic heterocycles. The number of nitrogens with zero attached hydrogens (tertiary/aromatic N) is 3. The van der Waals surface area contributed by atoms with Gasteiger partial charge in [0.1, 0.15) is 16.6 Å². The maximum Gasteiger partial charge on any atom is 0.276 e. The predicted octanol–water partition coefficient (Wildman–Crippen LogP) is 2.84. The van der Waals surface area contributed by atoms with E-state index in [1.165, 1.54) is 23.5 Å². The van der Waals surface area contributed by atoms with E-state index < -0.39 is 10.5 Å². The minimum atomic E-state index is -0.457. The molecule has 0 saturated carbocycles. The molecular weight excluding hydrogens is 278 g/mol. The molecule has 7 nitrogen and oxygen atoms in total. The van der Waals surface area contributed by atoms with Crippen LogP contribution in [0.4, 0.5) is 17.3 Å². The normalized spacial score (nSPS) is 11.2. The van der Waals surface area contributed by atoms with Crippen LogP contribution < -0.4 is 10.6 Å². The van der Waals surface area contributed by atoms with Crippen molar-refractivity contribution in [2.75, 3.05) is 17.7 Å². The Bertz CT molecular complexity index is 612. The minimum Gasteiger partial charge on any atom is -0.373 e. The van der Waals surface area contributed by atoms with Gasteiger partial charge in [0.15, 0.2) is 0 Å². The first-order chi connectivity index (χ1) is 9.42. The van der Waals surface area contributed by atoms with Crippen molar-refractivity contribution in [3.8, 4) is 0 Å². The highest BCUT2D eigenvalue weighted by Crippen LogP contribution is 2.28. The van der Waals surface area contributed by atoms with Crippen molar-refractivity contribution in [2.45, 2.75) is 19.4 Å². The third-order valence-electron chi connectivity index (χ3n) is 2.68. The lowest BCUT2D eigenvalue weighted by Crippen LogP contribution is -2.28. The highest BCUT2D eigenvalue weighted by molar-refractivity contribution is 7.09. The van der Waals surface area contributed by atoms with Crippen molar-refractivity contribution in [2.24, 2.45) is 0 Å². The van der Waals surface area contributed by atoms with Crippen LogP contribution in [0.1, 0.15) is 18.9 Å². The number of hydrogen-bond acceptors (Lipinski definition) is 7. The van der Waals surface area contributed by atoms with Crippen molar-refractivity contribution >= 4 is 28.7 Å². The van der Waals surface area contributed by atoms with Gasteiger partial charge in [0.2, 0.25) is 0 Å². The van der Waals surface area contributed by atoms with Gasteiger partial charge in [0.25, 0.3) is 5.69 Å². The molecule has 0 saturated heterocycles. The zero-order valence-corrected chi connectivity index (χ0v) is 12.2. The molecule has 0 spiro atoms. The third-order valence-corrected chi connectivity index (χ3v) is 3.78. The molecule has 0 unspecified atom stereocenters. The Kier molecular flexibility index (Phi) is 3.84. The monoisotopic (exact) mass is 293 g/mol. The van der Waals surface area contributed by atoms with Crippen LogP contribution in [0.15, 0.2) is 23.7 Å². The van der Waals surface area contributed by atoms with E-state index in [0.29, 0.717) is 11.6 Å². The average Bonchev–Trinajstić information content (AvgIpc) is 2.92. The van der Waals surface area contributed by atoms with Gasteiger partial charge >= 0.3 is 0 Å². The molecule has 0 bridgehead atoms. The van der Waals surface area contributed by atoms with E-state index in [1.54, 1.807) is 13.2 Å². The summed E-state index contributed by atoms with van der Waals surface area (Å²) in [5.74, 6) is 0.875. The first-order valence-corrected chi connectivity index (χ1v) is 6.83. The largest absolute Gasteiger partial charge is 0.373 e. The molecule has 0 aliphatic carbocycles. The molecule has 8 heteroatoms. The lowest BCUT2D eigenvalue weighted by molar-refractivity contribution is -0.384. The van der Waals surface area contributed by atoms with Crippen LogP contribution in [0.5, 0.6) is 0 Å². The number of hydrogen-bond donors (Lipinski definition) is 2. The van der Waals surface area contributed by atoms with Crippen molar-refractivity contribution in [1.29, 1.82) is 0 Å². The van der Waals surface area contributed by atoms with Crippen molar-refractivity contribution in [3.05, 3.63) is 38.8 Å². The van der Waals surface area contributed by atoms with E-state index in [4.69, 9.17) is 0 Å². The van der Waals surface area contributed by atoms with Gasteiger partial charge < -0.3 is 10.6 Å². The molecular formula is C12H15N5O2S. The maximum atomic E-state index is 10.9. The van der Waals surface area contributed by atoms with Crippen LogP contribution in [0.3, 0.4) is 0 Å². The lowest BCUT2D eigenvalue weighted by atomic mass is 10.1. The van der Waals surface area contributed by atoms with E-state index >= 15 is 0 Å². The molecule has 0 fully saturated rings. The molecule has 106 valence electrons. The molecule has 0 aromatic carbocycles. The number of thiazole rings is 1. The number of pyridine rings is 1.